The number of nitrogens with one attached hydrogen (secondary N) is 3. The summed E-state index contributed by atoms with van der Waals surface area (Å²) in [4.78, 5) is 54.1. The van der Waals surface area contributed by atoms with Crippen LogP contribution in [0.1, 0.15) is 5.69 Å². The van der Waals surface area contributed by atoms with Crippen molar-refractivity contribution in [3.8, 4) is 40.0 Å². The Morgan fingerprint density at radius 2 is 1.30 bits per heavy atom. The van der Waals surface area contributed by atoms with Gasteiger partial charge in [-0.1, -0.05) is 48.6 Å². The van der Waals surface area contributed by atoms with Gasteiger partial charge in [-0.05, 0) is 54.6 Å². The summed E-state index contributed by atoms with van der Waals surface area (Å²) in [5.74, 6) is 2.32. The molecule has 332 valence electrons. The third-order valence-electron chi connectivity index (χ3n) is 9.12. The molecule has 0 unspecified atom stereocenters. The Kier molecular flexibility index (Phi) is 16.6. The summed E-state index contributed by atoms with van der Waals surface area (Å²) >= 11 is 3.70. The molecule has 0 saturated carbocycles. The number of benzene rings is 2. The van der Waals surface area contributed by atoms with E-state index in [-0.39, 0.29) is 48.9 Å². The molecule has 0 saturated heterocycles. The van der Waals surface area contributed by atoms with Crippen molar-refractivity contribution in [2.75, 3.05) is 4.90 Å². The standard InChI is InChI=1S/C26H20F3N6.C18H11N3O6.CNS.Ru/c1-34-22-9-5-3-7-17(22)13-25(34)35(24-12-16-6-2-4-8-20(16)33-24)18-10-11-32-21(14-18)19(30)15-23(31)26(27,28)29;22-9-25-12-1-3-19-15(5-12)17-7-14(27-11-24)8-18(21-17)16-6-13(26-10-23)2-4-20-16;2-1-3;/h2-15,30-31,33H,1H3;1-11H;;/q-1;;-1;+2/b19-15-,31-23?;;;. The van der Waals surface area contributed by atoms with Crippen molar-refractivity contribution >= 4 is 87.3 Å². The SMILES string of the molecule is Cn1c(N(c2ccnc(/C([NH-])=C/C(=N)C(F)(F)F)c2)c2cc3ccccc3[nH]2)cc2ccccc21.O=COc1ccnc(-c2cc(OC=O)cc(-c3cc(OC=O)ccn3)n2)c1.[N-]=C=S.[Ru+2]. The number of carbonyl (C=O) groups excluding carboxylic acids is 3. The van der Waals surface area contributed by atoms with Crippen LogP contribution in [0.4, 0.5) is 30.5 Å². The third-order valence-corrected chi connectivity index (χ3v) is 9.12. The number of pyridine rings is 4. The first-order valence-electron chi connectivity index (χ1n) is 18.6. The number of hydrogen-bond donors (Lipinski definition) is 2. The molecule has 0 radical (unpaired) electrons. The van der Waals surface area contributed by atoms with Crippen LogP contribution in [0.2, 0.25) is 0 Å². The molecule has 0 aliphatic carbocycles. The number of hydrogen-bond acceptors (Lipinski definition) is 13. The van der Waals surface area contributed by atoms with Crippen molar-refractivity contribution in [3.05, 3.63) is 151 Å². The van der Waals surface area contributed by atoms with Crippen LogP contribution in [0.3, 0.4) is 0 Å². The van der Waals surface area contributed by atoms with Crippen molar-refractivity contribution in [2.24, 2.45) is 7.05 Å². The zero-order valence-corrected chi connectivity index (χ0v) is 36.5. The first-order chi connectivity index (χ1) is 31.4. The molecule has 0 atom stereocenters. The molecule has 16 nitrogen and oxygen atoms in total. The van der Waals surface area contributed by atoms with E-state index in [9.17, 15) is 27.6 Å². The van der Waals surface area contributed by atoms with Crippen molar-refractivity contribution < 1.29 is 61.2 Å². The Morgan fingerprint density at radius 1 is 0.773 bits per heavy atom. The number of thiocarbonyl (C=S) groups is 1. The van der Waals surface area contributed by atoms with Crippen molar-refractivity contribution in [3.63, 3.8) is 0 Å². The Bertz CT molecular complexity index is 3000. The maximum Gasteiger partial charge on any atom is 2.00 e. The van der Waals surface area contributed by atoms with E-state index in [1.807, 2.05) is 77.2 Å². The predicted octanol–water partition coefficient (Wildman–Crippen LogP) is 9.97. The summed E-state index contributed by atoms with van der Waals surface area (Å²) in [5.41, 5.74) is 10.0. The number of allylic oxidation sites excluding steroid dienone is 1. The summed E-state index contributed by atoms with van der Waals surface area (Å²) in [7, 11) is 1.94. The van der Waals surface area contributed by atoms with Gasteiger partial charge in [0.25, 0.3) is 19.4 Å². The molecule has 2 aromatic carbocycles. The van der Waals surface area contributed by atoms with E-state index in [2.05, 4.69) is 37.1 Å². The van der Waals surface area contributed by atoms with Gasteiger partial charge >= 0.3 is 25.7 Å². The van der Waals surface area contributed by atoms with Gasteiger partial charge in [-0.2, -0.15) is 18.3 Å². The van der Waals surface area contributed by atoms with Crippen molar-refractivity contribution in [1.29, 1.82) is 5.41 Å². The minimum Gasteiger partial charge on any atom is -0.753 e. The number of nitrogens with zero attached hydrogens (tertiary/aromatic N) is 7. The number of H-pyrrole nitrogens is 1. The van der Waals surface area contributed by atoms with Gasteiger partial charge in [-0.15, -0.1) is 5.70 Å². The molecule has 8 rings (SSSR count). The first-order valence-corrected chi connectivity index (χ1v) is 19.0. The van der Waals surface area contributed by atoms with Gasteiger partial charge in [0.05, 0.1) is 28.5 Å². The average molecular weight is 998 g/mol. The summed E-state index contributed by atoms with van der Waals surface area (Å²) in [6, 6.07) is 32.1. The summed E-state index contributed by atoms with van der Waals surface area (Å²) in [6.45, 7) is 0.875. The molecule has 0 aliphatic heterocycles. The normalized spacial score (nSPS) is 10.8. The quantitative estimate of drug-likeness (QED) is 0.0476. The smallest absolute Gasteiger partial charge is 0.753 e. The predicted molar refractivity (Wildman–Crippen MR) is 240 cm³/mol. The summed E-state index contributed by atoms with van der Waals surface area (Å²) < 4.78 is 55.1. The maximum absolute atomic E-state index is 12.8. The van der Waals surface area contributed by atoms with Crippen LogP contribution in [-0.4, -0.2) is 66.0 Å². The van der Waals surface area contributed by atoms with E-state index in [0.717, 1.165) is 33.4 Å². The fraction of sp³-hybridized carbons (Fsp3) is 0.0444. The molecule has 6 aromatic heterocycles. The van der Waals surface area contributed by atoms with Crippen LogP contribution in [0.15, 0.2) is 134 Å². The molecule has 0 amide bonds. The fourth-order valence-corrected chi connectivity index (χ4v) is 6.32. The average Bonchev–Trinajstić information content (AvgIpc) is 3.88. The second kappa shape index (κ2) is 22.4. The first kappa shape index (κ1) is 48.8. The zero-order valence-electron chi connectivity index (χ0n) is 33.9. The summed E-state index contributed by atoms with van der Waals surface area (Å²) in [5, 5.41) is 17.7. The monoisotopic (exact) mass is 998 g/mol. The molecule has 0 spiro atoms. The number of ether oxygens (including phenoxy) is 3. The van der Waals surface area contributed by atoms with Gasteiger partial charge in [-0.25, -0.2) is 4.98 Å². The van der Waals surface area contributed by atoms with E-state index < -0.39 is 17.6 Å². The van der Waals surface area contributed by atoms with E-state index in [4.69, 9.17) is 30.8 Å². The summed E-state index contributed by atoms with van der Waals surface area (Å²) in [6.07, 6.45) is -0.0264. The molecular formula is C45H31F3N10O6RuS. The zero-order chi connectivity index (χ0) is 46.5. The van der Waals surface area contributed by atoms with E-state index in [0.29, 0.717) is 47.5 Å². The Hall–Kier alpha value is -8.25. The number of aromatic nitrogens is 6. The number of anilines is 3. The number of para-hydroxylation sites is 2. The minimum absolute atomic E-state index is 0. The fourth-order valence-electron chi connectivity index (χ4n) is 6.32. The van der Waals surface area contributed by atoms with Gasteiger partial charge in [0, 0.05) is 77.4 Å². The van der Waals surface area contributed by atoms with Gasteiger partial charge < -0.3 is 34.9 Å². The van der Waals surface area contributed by atoms with Gasteiger partial charge in [-0.3, -0.25) is 39.6 Å². The Morgan fingerprint density at radius 3 is 1.86 bits per heavy atom. The molecule has 66 heavy (non-hydrogen) atoms. The molecule has 8 aromatic rings. The number of alkyl halides is 3. The van der Waals surface area contributed by atoms with Gasteiger partial charge in [0.1, 0.15) is 34.6 Å². The number of rotatable bonds is 13. The molecule has 0 aliphatic rings. The van der Waals surface area contributed by atoms with E-state index in [1.54, 1.807) is 12.1 Å². The molecule has 0 fully saturated rings. The van der Waals surface area contributed by atoms with Gasteiger partial charge in [0.2, 0.25) is 0 Å². The number of carbonyl (C=O) groups is 3. The molecule has 3 N–H and O–H groups in total. The third kappa shape index (κ3) is 11.9. The van der Waals surface area contributed by atoms with Crippen molar-refractivity contribution in [1.82, 2.24) is 29.5 Å². The van der Waals surface area contributed by atoms with E-state index in [1.165, 1.54) is 60.1 Å². The van der Waals surface area contributed by atoms with E-state index >= 15 is 0 Å². The maximum atomic E-state index is 12.8. The van der Waals surface area contributed by atoms with Crippen molar-refractivity contribution in [2.45, 2.75) is 6.18 Å². The minimum atomic E-state index is -4.83. The molecule has 6 heterocycles. The largest absolute Gasteiger partial charge is 2.00 e. The van der Waals surface area contributed by atoms with Crippen LogP contribution >= 0.6 is 12.2 Å². The molecule has 0 bridgehead atoms. The number of fused-ring (bicyclic) bond motifs is 2. The Balaban J connectivity index is 0.000000237. The number of isothiocyanates is 1. The van der Waals surface area contributed by atoms with Crippen LogP contribution in [0, 0.1) is 5.41 Å². The van der Waals surface area contributed by atoms with Crippen LogP contribution in [-0.2, 0) is 40.9 Å². The number of halogens is 3. The second-order valence-corrected chi connectivity index (χ2v) is 13.3. The second-order valence-electron chi connectivity index (χ2n) is 13.1. The number of aromatic amines is 1. The van der Waals surface area contributed by atoms with Gasteiger partial charge in [0.15, 0.2) is 0 Å². The van der Waals surface area contributed by atoms with Crippen LogP contribution in [0.25, 0.3) is 61.4 Å². The Labute approximate surface area is 390 Å². The van der Waals surface area contributed by atoms with Crippen LogP contribution < -0.4 is 19.1 Å². The molecule has 21 heteroatoms. The number of aryl methyl sites for hydroxylation is 1. The molecular weight excluding hydrogens is 967 g/mol. The van der Waals surface area contributed by atoms with Crippen LogP contribution in [0.5, 0.6) is 17.2 Å². The topological polar surface area (TPSA) is 224 Å².